The third kappa shape index (κ3) is 2.20. The van der Waals surface area contributed by atoms with Gasteiger partial charge in [-0.25, -0.2) is 18.6 Å². The fraction of sp³-hybridized carbons (Fsp3) is 0. The Labute approximate surface area is 117 Å². The van der Waals surface area contributed by atoms with Crippen molar-refractivity contribution in [2.75, 3.05) is 0 Å². The normalized spacial score (nSPS) is 10.8. The highest BCUT2D eigenvalue weighted by atomic mass is 19.1. The number of hydrogen-bond acceptors (Lipinski definition) is 3. The van der Waals surface area contributed by atoms with Crippen molar-refractivity contribution >= 4 is 16.9 Å². The Bertz CT molecular complexity index is 851. The first-order valence-corrected chi connectivity index (χ1v) is 6.00. The lowest BCUT2D eigenvalue weighted by Gasteiger charge is -2.08. The van der Waals surface area contributed by atoms with Crippen LogP contribution in [0.15, 0.2) is 42.7 Å². The summed E-state index contributed by atoms with van der Waals surface area (Å²) in [6.07, 6.45) is 3.01. The molecule has 4 nitrogen and oxygen atoms in total. The molecule has 6 heteroatoms. The Morgan fingerprint density at radius 2 is 1.71 bits per heavy atom. The van der Waals surface area contributed by atoms with Gasteiger partial charge in [-0.05, 0) is 30.3 Å². The van der Waals surface area contributed by atoms with E-state index in [-0.39, 0.29) is 22.2 Å². The van der Waals surface area contributed by atoms with Gasteiger partial charge in [0, 0.05) is 18.0 Å². The van der Waals surface area contributed by atoms with Gasteiger partial charge in [-0.2, -0.15) is 0 Å². The van der Waals surface area contributed by atoms with Crippen molar-refractivity contribution in [3.05, 3.63) is 59.9 Å². The van der Waals surface area contributed by atoms with Crippen LogP contribution < -0.4 is 0 Å². The highest BCUT2D eigenvalue weighted by Crippen LogP contribution is 2.28. The molecule has 0 aliphatic rings. The van der Waals surface area contributed by atoms with Gasteiger partial charge in [0.05, 0.1) is 16.6 Å². The molecule has 0 radical (unpaired) electrons. The van der Waals surface area contributed by atoms with Crippen molar-refractivity contribution in [2.24, 2.45) is 0 Å². The van der Waals surface area contributed by atoms with E-state index in [1.807, 2.05) is 0 Å². The molecule has 1 N–H and O–H groups in total. The second kappa shape index (κ2) is 4.90. The van der Waals surface area contributed by atoms with Crippen LogP contribution in [0.4, 0.5) is 8.78 Å². The Balaban J connectivity index is 2.41. The van der Waals surface area contributed by atoms with Crippen molar-refractivity contribution in [3.63, 3.8) is 0 Å². The summed E-state index contributed by atoms with van der Waals surface area (Å²) in [7, 11) is 0. The van der Waals surface area contributed by atoms with E-state index in [4.69, 9.17) is 0 Å². The van der Waals surface area contributed by atoms with Gasteiger partial charge in [0.1, 0.15) is 17.2 Å². The van der Waals surface area contributed by atoms with Crippen LogP contribution in [0, 0.1) is 11.6 Å². The molecule has 0 bridgehead atoms. The second-order valence-electron chi connectivity index (χ2n) is 4.35. The molecule has 3 aromatic rings. The molecular formula is C15H8F2N2O2. The van der Waals surface area contributed by atoms with Crippen LogP contribution in [0.1, 0.15) is 10.4 Å². The van der Waals surface area contributed by atoms with Crippen LogP contribution in [0.3, 0.4) is 0 Å². The number of carbonyl (C=O) groups is 1. The topological polar surface area (TPSA) is 63.1 Å². The zero-order valence-electron chi connectivity index (χ0n) is 10.5. The molecule has 0 amide bonds. The quantitative estimate of drug-likeness (QED) is 0.785. The minimum atomic E-state index is -1.35. The molecule has 0 aliphatic carbocycles. The van der Waals surface area contributed by atoms with Crippen molar-refractivity contribution < 1.29 is 18.7 Å². The van der Waals surface area contributed by atoms with Gasteiger partial charge in [-0.3, -0.25) is 4.98 Å². The SMILES string of the molecule is O=C(O)c1cc(-c2ccncc2)nc2c(F)ccc(F)c12. The van der Waals surface area contributed by atoms with E-state index >= 15 is 0 Å². The predicted octanol–water partition coefficient (Wildman–Crippen LogP) is 3.27. The monoisotopic (exact) mass is 286 g/mol. The molecule has 21 heavy (non-hydrogen) atoms. The van der Waals surface area contributed by atoms with E-state index in [0.29, 0.717) is 5.56 Å². The number of hydrogen-bond donors (Lipinski definition) is 1. The van der Waals surface area contributed by atoms with Crippen LogP contribution in [0.5, 0.6) is 0 Å². The molecule has 3 rings (SSSR count). The van der Waals surface area contributed by atoms with Crippen molar-refractivity contribution in [1.29, 1.82) is 0 Å². The van der Waals surface area contributed by atoms with Crippen LogP contribution in [-0.2, 0) is 0 Å². The number of pyridine rings is 2. The molecule has 1 aromatic carbocycles. The van der Waals surface area contributed by atoms with Crippen molar-refractivity contribution in [1.82, 2.24) is 9.97 Å². The van der Waals surface area contributed by atoms with Crippen molar-refractivity contribution in [3.8, 4) is 11.3 Å². The smallest absolute Gasteiger partial charge is 0.336 e. The lowest BCUT2D eigenvalue weighted by molar-refractivity contribution is 0.0698. The van der Waals surface area contributed by atoms with Crippen LogP contribution >= 0.6 is 0 Å². The average Bonchev–Trinajstić information content (AvgIpc) is 2.51. The Morgan fingerprint density at radius 3 is 2.38 bits per heavy atom. The van der Waals surface area contributed by atoms with Gasteiger partial charge in [0.2, 0.25) is 0 Å². The summed E-state index contributed by atoms with van der Waals surface area (Å²) in [5.74, 6) is -2.94. The molecule has 0 spiro atoms. The fourth-order valence-corrected chi connectivity index (χ4v) is 2.11. The first-order chi connectivity index (χ1) is 10.1. The van der Waals surface area contributed by atoms with Crippen LogP contribution in [-0.4, -0.2) is 21.0 Å². The molecule has 2 heterocycles. The number of nitrogens with zero attached hydrogens (tertiary/aromatic N) is 2. The van der Waals surface area contributed by atoms with E-state index in [9.17, 15) is 18.7 Å². The highest BCUT2D eigenvalue weighted by Gasteiger charge is 2.18. The second-order valence-corrected chi connectivity index (χ2v) is 4.35. The predicted molar refractivity (Wildman–Crippen MR) is 71.8 cm³/mol. The number of benzene rings is 1. The zero-order valence-corrected chi connectivity index (χ0v) is 10.5. The van der Waals surface area contributed by atoms with Gasteiger partial charge < -0.3 is 5.11 Å². The third-order valence-corrected chi connectivity index (χ3v) is 3.07. The van der Waals surface area contributed by atoms with E-state index < -0.39 is 17.6 Å². The molecule has 0 fully saturated rings. The standard InChI is InChI=1S/C15H8F2N2O2/c16-10-1-2-11(17)14-13(10)9(15(20)21)7-12(19-14)8-3-5-18-6-4-8/h1-7H,(H,20,21). The average molecular weight is 286 g/mol. The first kappa shape index (κ1) is 13.1. The van der Waals surface area contributed by atoms with Gasteiger partial charge in [-0.1, -0.05) is 0 Å². The fourth-order valence-electron chi connectivity index (χ4n) is 2.11. The van der Waals surface area contributed by atoms with Crippen LogP contribution in [0.25, 0.3) is 22.2 Å². The summed E-state index contributed by atoms with van der Waals surface area (Å²) >= 11 is 0. The van der Waals surface area contributed by atoms with Gasteiger partial charge in [-0.15, -0.1) is 0 Å². The largest absolute Gasteiger partial charge is 0.478 e. The summed E-state index contributed by atoms with van der Waals surface area (Å²) in [4.78, 5) is 19.2. The number of rotatable bonds is 2. The molecule has 0 saturated heterocycles. The summed E-state index contributed by atoms with van der Waals surface area (Å²) in [6.45, 7) is 0. The molecular weight excluding hydrogens is 278 g/mol. The molecule has 0 saturated carbocycles. The maximum Gasteiger partial charge on any atom is 0.336 e. The van der Waals surface area contributed by atoms with Gasteiger partial charge >= 0.3 is 5.97 Å². The minimum absolute atomic E-state index is 0.242. The highest BCUT2D eigenvalue weighted by molar-refractivity contribution is 6.04. The number of aromatic carboxylic acids is 1. The van der Waals surface area contributed by atoms with Crippen LogP contribution in [0.2, 0.25) is 0 Å². The Kier molecular flexibility index (Phi) is 3.06. The van der Waals surface area contributed by atoms with E-state index in [1.165, 1.54) is 18.5 Å². The summed E-state index contributed by atoms with van der Waals surface area (Å²) in [5, 5.41) is 8.91. The lowest BCUT2D eigenvalue weighted by Crippen LogP contribution is -2.03. The number of carboxylic acid groups (broad SMARTS) is 1. The maximum absolute atomic E-state index is 13.9. The molecule has 104 valence electrons. The van der Waals surface area contributed by atoms with Gasteiger partial charge in [0.15, 0.2) is 0 Å². The Hall–Kier alpha value is -2.89. The minimum Gasteiger partial charge on any atom is -0.478 e. The summed E-state index contributed by atoms with van der Waals surface area (Å²) in [6, 6.07) is 6.25. The Morgan fingerprint density at radius 1 is 1.05 bits per heavy atom. The molecule has 0 atom stereocenters. The first-order valence-electron chi connectivity index (χ1n) is 6.00. The number of halogens is 2. The van der Waals surface area contributed by atoms with E-state index in [1.54, 1.807) is 12.1 Å². The van der Waals surface area contributed by atoms with E-state index in [0.717, 1.165) is 12.1 Å². The number of carboxylic acids is 1. The number of aromatic nitrogens is 2. The third-order valence-electron chi connectivity index (χ3n) is 3.07. The zero-order chi connectivity index (χ0) is 15.0. The molecule has 0 aliphatic heterocycles. The number of fused-ring (bicyclic) bond motifs is 1. The summed E-state index contributed by atoms with van der Waals surface area (Å²) < 4.78 is 27.7. The molecule has 2 aromatic heterocycles. The summed E-state index contributed by atoms with van der Waals surface area (Å²) in [5.41, 5.74) is 0.176. The van der Waals surface area contributed by atoms with E-state index in [2.05, 4.69) is 9.97 Å². The lowest BCUT2D eigenvalue weighted by atomic mass is 10.0. The maximum atomic E-state index is 13.9. The van der Waals surface area contributed by atoms with Crippen molar-refractivity contribution in [2.45, 2.75) is 0 Å². The molecule has 0 unspecified atom stereocenters. The van der Waals surface area contributed by atoms with Gasteiger partial charge in [0.25, 0.3) is 0 Å².